The maximum Gasteiger partial charge on any atom is 0.239 e. The molecule has 1 aromatic heterocycles. The monoisotopic (exact) mass is 395 g/mol. The van der Waals surface area contributed by atoms with Crippen LogP contribution in [0.1, 0.15) is 41.9 Å². The number of hydrogen-bond acceptors (Lipinski definition) is 5. The van der Waals surface area contributed by atoms with Gasteiger partial charge < -0.3 is 5.73 Å². The number of benzene rings is 2. The van der Waals surface area contributed by atoms with Gasteiger partial charge in [-0.3, -0.25) is 0 Å². The Bertz CT molecular complexity index is 1050. The molecule has 0 spiro atoms. The van der Waals surface area contributed by atoms with Gasteiger partial charge in [-0.05, 0) is 36.2 Å². The van der Waals surface area contributed by atoms with Crippen LogP contribution in [-0.2, 0) is 10.0 Å². The SMILES string of the molecule is CC(N)c1nc2c(C(C)c3cccc(Cl)c3)ccc(S(N)(=O)=O)c2s1. The van der Waals surface area contributed by atoms with Crippen LogP contribution < -0.4 is 10.9 Å². The Kier molecular flexibility index (Phi) is 4.87. The Morgan fingerprint density at radius 2 is 1.92 bits per heavy atom. The van der Waals surface area contributed by atoms with Crippen LogP contribution in [0.4, 0.5) is 0 Å². The number of thiazole rings is 1. The zero-order chi connectivity index (χ0) is 18.4. The number of fused-ring (bicyclic) bond motifs is 1. The maximum absolute atomic E-state index is 11.9. The van der Waals surface area contributed by atoms with Gasteiger partial charge in [0.2, 0.25) is 10.0 Å². The highest BCUT2D eigenvalue weighted by molar-refractivity contribution is 7.89. The molecule has 0 bridgehead atoms. The highest BCUT2D eigenvalue weighted by Crippen LogP contribution is 2.37. The Morgan fingerprint density at radius 1 is 1.20 bits per heavy atom. The third kappa shape index (κ3) is 3.56. The largest absolute Gasteiger partial charge is 0.322 e. The second-order valence-electron chi connectivity index (χ2n) is 5.99. The smallest absolute Gasteiger partial charge is 0.239 e. The van der Waals surface area contributed by atoms with Crippen LogP contribution in [0, 0.1) is 0 Å². The van der Waals surface area contributed by atoms with Gasteiger partial charge in [0.15, 0.2) is 0 Å². The summed E-state index contributed by atoms with van der Waals surface area (Å²) < 4.78 is 24.4. The number of nitrogens with zero attached hydrogens (tertiary/aromatic N) is 1. The molecule has 4 N–H and O–H groups in total. The minimum absolute atomic E-state index is 0.0150. The second kappa shape index (κ2) is 6.66. The van der Waals surface area contributed by atoms with Crippen molar-refractivity contribution in [2.24, 2.45) is 10.9 Å². The first-order valence-corrected chi connectivity index (χ1v) is 10.4. The first-order valence-electron chi connectivity index (χ1n) is 7.65. The number of hydrogen-bond donors (Lipinski definition) is 2. The van der Waals surface area contributed by atoms with Crippen LogP contribution in [0.2, 0.25) is 5.02 Å². The van der Waals surface area contributed by atoms with E-state index in [9.17, 15) is 8.42 Å². The molecular weight excluding hydrogens is 378 g/mol. The molecule has 0 amide bonds. The molecule has 2 aromatic carbocycles. The van der Waals surface area contributed by atoms with E-state index in [1.54, 1.807) is 6.07 Å². The molecule has 0 saturated heterocycles. The molecule has 1 heterocycles. The molecule has 132 valence electrons. The third-order valence-corrected chi connectivity index (χ3v) is 6.67. The molecule has 2 unspecified atom stereocenters. The van der Waals surface area contributed by atoms with Gasteiger partial charge in [-0.2, -0.15) is 0 Å². The minimum Gasteiger partial charge on any atom is -0.322 e. The van der Waals surface area contributed by atoms with E-state index in [0.29, 0.717) is 20.2 Å². The zero-order valence-electron chi connectivity index (χ0n) is 13.7. The van der Waals surface area contributed by atoms with Crippen molar-refractivity contribution in [2.45, 2.75) is 30.7 Å². The standard InChI is InChI=1S/C17H18ClN3O2S2/c1-9(11-4-3-5-12(18)8-11)13-6-7-14(25(20,22)23)16-15(13)21-17(24-16)10(2)19/h3-10H,19H2,1-2H3,(H2,20,22,23). The van der Waals surface area contributed by atoms with E-state index in [2.05, 4.69) is 4.98 Å². The van der Waals surface area contributed by atoms with E-state index in [4.69, 9.17) is 22.5 Å². The number of primary sulfonamides is 1. The molecule has 0 saturated carbocycles. The average Bonchev–Trinajstić information content (AvgIpc) is 2.97. The van der Waals surface area contributed by atoms with Crippen molar-refractivity contribution in [2.75, 3.05) is 0 Å². The van der Waals surface area contributed by atoms with Crippen molar-refractivity contribution < 1.29 is 8.42 Å². The Hall–Kier alpha value is -1.51. The topological polar surface area (TPSA) is 99.1 Å². The Morgan fingerprint density at radius 3 is 2.52 bits per heavy atom. The summed E-state index contributed by atoms with van der Waals surface area (Å²) in [5.74, 6) is -0.0150. The fourth-order valence-electron chi connectivity index (χ4n) is 2.74. The second-order valence-corrected chi connectivity index (χ2v) is 8.99. The number of rotatable bonds is 4. The normalized spacial score (nSPS) is 14.6. The van der Waals surface area contributed by atoms with E-state index in [1.165, 1.54) is 17.4 Å². The predicted octanol–water partition coefficient (Wildman–Crippen LogP) is 3.77. The number of nitrogens with two attached hydrogens (primary N) is 2. The fraction of sp³-hybridized carbons (Fsp3) is 0.235. The van der Waals surface area contributed by atoms with Crippen molar-refractivity contribution in [1.29, 1.82) is 0 Å². The summed E-state index contributed by atoms with van der Waals surface area (Å²) in [6.45, 7) is 3.84. The molecule has 0 fully saturated rings. The summed E-state index contributed by atoms with van der Waals surface area (Å²) in [7, 11) is -3.85. The quantitative estimate of drug-likeness (QED) is 0.702. The van der Waals surface area contributed by atoms with E-state index in [0.717, 1.165) is 11.1 Å². The highest BCUT2D eigenvalue weighted by atomic mass is 35.5. The van der Waals surface area contributed by atoms with E-state index >= 15 is 0 Å². The number of halogens is 1. The molecular formula is C17H18ClN3O2S2. The third-order valence-electron chi connectivity index (χ3n) is 4.07. The molecule has 25 heavy (non-hydrogen) atoms. The van der Waals surface area contributed by atoms with Crippen molar-refractivity contribution in [3.05, 3.63) is 57.6 Å². The van der Waals surface area contributed by atoms with Crippen molar-refractivity contribution in [3.63, 3.8) is 0 Å². The van der Waals surface area contributed by atoms with Gasteiger partial charge in [0, 0.05) is 10.9 Å². The van der Waals surface area contributed by atoms with Crippen molar-refractivity contribution in [3.8, 4) is 0 Å². The van der Waals surface area contributed by atoms with Crippen LogP contribution in [-0.4, -0.2) is 13.4 Å². The molecule has 3 aromatic rings. The van der Waals surface area contributed by atoms with Gasteiger partial charge >= 0.3 is 0 Å². The van der Waals surface area contributed by atoms with E-state index < -0.39 is 10.0 Å². The lowest BCUT2D eigenvalue weighted by atomic mass is 9.92. The van der Waals surface area contributed by atoms with Crippen LogP contribution in [0.15, 0.2) is 41.3 Å². The van der Waals surface area contributed by atoms with Gasteiger partial charge in [-0.15, -0.1) is 11.3 Å². The zero-order valence-corrected chi connectivity index (χ0v) is 16.1. The first-order chi connectivity index (χ1) is 11.7. The average molecular weight is 396 g/mol. The molecule has 5 nitrogen and oxygen atoms in total. The lowest BCUT2D eigenvalue weighted by molar-refractivity contribution is 0.598. The summed E-state index contributed by atoms with van der Waals surface area (Å²) in [4.78, 5) is 4.67. The predicted molar refractivity (Wildman–Crippen MR) is 103 cm³/mol. The van der Waals surface area contributed by atoms with Crippen LogP contribution >= 0.6 is 22.9 Å². The van der Waals surface area contributed by atoms with Gasteiger partial charge in [0.05, 0.1) is 16.3 Å². The van der Waals surface area contributed by atoms with Gasteiger partial charge in [0.25, 0.3) is 0 Å². The molecule has 8 heteroatoms. The van der Waals surface area contributed by atoms with E-state index in [-0.39, 0.29) is 16.9 Å². The molecule has 2 atom stereocenters. The lowest BCUT2D eigenvalue weighted by Crippen LogP contribution is -2.12. The van der Waals surface area contributed by atoms with Crippen LogP contribution in [0.3, 0.4) is 0 Å². The summed E-state index contributed by atoms with van der Waals surface area (Å²) in [5, 5.41) is 6.69. The van der Waals surface area contributed by atoms with E-state index in [1.807, 2.05) is 38.1 Å². The van der Waals surface area contributed by atoms with Gasteiger partial charge in [-0.25, -0.2) is 18.5 Å². The fourth-order valence-corrected chi connectivity index (χ4v) is 4.99. The van der Waals surface area contributed by atoms with Crippen molar-refractivity contribution >= 4 is 43.2 Å². The maximum atomic E-state index is 11.9. The number of sulfonamides is 1. The molecule has 0 aliphatic heterocycles. The van der Waals surface area contributed by atoms with Crippen LogP contribution in [0.25, 0.3) is 10.2 Å². The summed E-state index contributed by atoms with van der Waals surface area (Å²) >= 11 is 7.37. The first kappa shape index (κ1) is 18.3. The summed E-state index contributed by atoms with van der Waals surface area (Å²) in [6.07, 6.45) is 0. The Balaban J connectivity index is 2.26. The van der Waals surface area contributed by atoms with Crippen LogP contribution in [0.5, 0.6) is 0 Å². The molecule has 0 aliphatic rings. The molecule has 0 radical (unpaired) electrons. The van der Waals surface area contributed by atoms with Crippen molar-refractivity contribution in [1.82, 2.24) is 4.98 Å². The summed E-state index contributed by atoms with van der Waals surface area (Å²) in [6, 6.07) is 10.6. The Labute approximate surface area is 155 Å². The summed E-state index contributed by atoms with van der Waals surface area (Å²) in [5.41, 5.74) is 8.50. The molecule has 0 aliphatic carbocycles. The lowest BCUT2D eigenvalue weighted by Gasteiger charge is -2.14. The molecule has 3 rings (SSSR count). The van der Waals surface area contributed by atoms with Gasteiger partial charge in [-0.1, -0.05) is 36.7 Å². The number of aromatic nitrogens is 1. The minimum atomic E-state index is -3.85. The van der Waals surface area contributed by atoms with Gasteiger partial charge in [0.1, 0.15) is 9.90 Å². The highest BCUT2D eigenvalue weighted by Gasteiger charge is 2.22.